The standard InChI is InChI=1S/C24H18ClN3O2S/c1-28-22-13-7-6-12-20(22)23(24(25)31(28,29)30)27-26-15-21-18-10-4-2-8-16(18)14-17-9-3-5-11-19(17)21/h2-15,24H,1H3/b26-15+,27-23-/t24-/m1/s1. The highest BCUT2D eigenvalue weighted by atomic mass is 35.5. The summed E-state index contributed by atoms with van der Waals surface area (Å²) in [7, 11) is -2.28. The van der Waals surface area contributed by atoms with Gasteiger partial charge in [-0.2, -0.15) is 10.2 Å². The van der Waals surface area contributed by atoms with Gasteiger partial charge in [0, 0.05) is 18.2 Å². The minimum Gasteiger partial charge on any atom is -0.271 e. The van der Waals surface area contributed by atoms with Gasteiger partial charge in [0.25, 0.3) is 10.0 Å². The molecule has 0 fully saturated rings. The first kappa shape index (κ1) is 19.7. The molecule has 0 saturated heterocycles. The molecule has 0 saturated carbocycles. The predicted molar refractivity (Wildman–Crippen MR) is 129 cm³/mol. The van der Waals surface area contributed by atoms with Gasteiger partial charge >= 0.3 is 0 Å². The van der Waals surface area contributed by atoms with E-state index in [1.165, 1.54) is 11.4 Å². The Bertz CT molecular complexity index is 1440. The summed E-state index contributed by atoms with van der Waals surface area (Å²) in [6.07, 6.45) is 1.68. The average molecular weight is 448 g/mol. The molecule has 154 valence electrons. The van der Waals surface area contributed by atoms with Crippen molar-refractivity contribution in [1.82, 2.24) is 0 Å². The van der Waals surface area contributed by atoms with Crippen molar-refractivity contribution < 1.29 is 8.42 Å². The molecule has 0 radical (unpaired) electrons. The number of hydrogen-bond donors (Lipinski definition) is 0. The van der Waals surface area contributed by atoms with E-state index in [0.29, 0.717) is 11.3 Å². The Morgan fingerprint density at radius 3 is 2.16 bits per heavy atom. The number of alkyl halides is 1. The van der Waals surface area contributed by atoms with E-state index in [4.69, 9.17) is 11.6 Å². The number of fused-ring (bicyclic) bond motifs is 3. The van der Waals surface area contributed by atoms with E-state index in [0.717, 1.165) is 27.1 Å². The largest absolute Gasteiger partial charge is 0.271 e. The Kier molecular flexibility index (Phi) is 4.76. The van der Waals surface area contributed by atoms with E-state index in [1.807, 2.05) is 42.5 Å². The van der Waals surface area contributed by atoms with Crippen molar-refractivity contribution in [3.63, 3.8) is 0 Å². The molecular weight excluding hydrogens is 430 g/mol. The number of sulfonamides is 1. The van der Waals surface area contributed by atoms with E-state index in [-0.39, 0.29) is 5.71 Å². The highest BCUT2D eigenvalue weighted by molar-refractivity contribution is 7.95. The minimum absolute atomic E-state index is 0.219. The fourth-order valence-corrected chi connectivity index (χ4v) is 5.63. The van der Waals surface area contributed by atoms with Gasteiger partial charge in [0.05, 0.1) is 11.9 Å². The summed E-state index contributed by atoms with van der Waals surface area (Å²) in [6.45, 7) is 0. The first-order chi connectivity index (χ1) is 15.0. The molecule has 0 amide bonds. The topological polar surface area (TPSA) is 62.1 Å². The normalized spacial score (nSPS) is 19.4. The maximum Gasteiger partial charge on any atom is 0.257 e. The van der Waals surface area contributed by atoms with Crippen molar-refractivity contribution in [2.24, 2.45) is 10.2 Å². The molecule has 5 rings (SSSR count). The summed E-state index contributed by atoms with van der Waals surface area (Å²) in [5.41, 5.74) is 2.33. The first-order valence-corrected chi connectivity index (χ1v) is 11.6. The Morgan fingerprint density at radius 1 is 0.903 bits per heavy atom. The van der Waals surface area contributed by atoms with Crippen molar-refractivity contribution in [1.29, 1.82) is 0 Å². The Hall–Kier alpha value is -3.22. The van der Waals surface area contributed by atoms with Gasteiger partial charge in [0.1, 0.15) is 5.71 Å². The SMILES string of the molecule is CN1c2ccccc2/C(=N/N=C/c2c3ccccc3cc3ccccc23)[C@H](Cl)S1(=O)=O. The van der Waals surface area contributed by atoms with E-state index < -0.39 is 14.7 Å². The number of para-hydroxylation sites is 1. The van der Waals surface area contributed by atoms with E-state index in [2.05, 4.69) is 28.4 Å². The minimum atomic E-state index is -3.77. The van der Waals surface area contributed by atoms with Gasteiger partial charge in [-0.15, -0.1) is 0 Å². The fourth-order valence-electron chi connectivity index (χ4n) is 3.94. The fraction of sp³-hybridized carbons (Fsp3) is 0.0833. The highest BCUT2D eigenvalue weighted by Crippen LogP contribution is 2.34. The monoisotopic (exact) mass is 447 g/mol. The molecular formula is C24H18ClN3O2S. The van der Waals surface area contributed by atoms with Crippen LogP contribution in [0.15, 0.2) is 89.1 Å². The third-order valence-corrected chi connectivity index (χ3v) is 8.13. The maximum absolute atomic E-state index is 12.7. The molecule has 0 aliphatic carbocycles. The van der Waals surface area contributed by atoms with Crippen molar-refractivity contribution in [3.8, 4) is 0 Å². The molecule has 7 heteroatoms. The third kappa shape index (κ3) is 3.19. The van der Waals surface area contributed by atoms with Gasteiger partial charge < -0.3 is 0 Å². The van der Waals surface area contributed by atoms with Crippen LogP contribution in [0.2, 0.25) is 0 Å². The number of halogens is 1. The zero-order valence-electron chi connectivity index (χ0n) is 16.6. The maximum atomic E-state index is 12.7. The van der Waals surface area contributed by atoms with Crippen LogP contribution in [0.3, 0.4) is 0 Å². The van der Waals surface area contributed by atoms with E-state index in [9.17, 15) is 8.42 Å². The Morgan fingerprint density at radius 2 is 1.48 bits per heavy atom. The zero-order chi connectivity index (χ0) is 21.6. The second-order valence-corrected chi connectivity index (χ2v) is 10.1. The molecule has 0 spiro atoms. The summed E-state index contributed by atoms with van der Waals surface area (Å²) in [5.74, 6) is 0. The molecule has 4 aromatic carbocycles. The Balaban J connectivity index is 1.68. The van der Waals surface area contributed by atoms with Crippen molar-refractivity contribution in [2.75, 3.05) is 11.4 Å². The number of rotatable bonds is 2. The molecule has 0 N–H and O–H groups in total. The molecule has 1 aliphatic heterocycles. The van der Waals surface area contributed by atoms with Crippen LogP contribution in [0.1, 0.15) is 11.1 Å². The van der Waals surface area contributed by atoms with Crippen LogP contribution < -0.4 is 4.31 Å². The highest BCUT2D eigenvalue weighted by Gasteiger charge is 2.40. The molecule has 0 bridgehead atoms. The molecule has 31 heavy (non-hydrogen) atoms. The molecule has 1 heterocycles. The summed E-state index contributed by atoms with van der Waals surface area (Å²) >= 11 is 6.33. The zero-order valence-corrected chi connectivity index (χ0v) is 18.2. The van der Waals surface area contributed by atoms with Crippen molar-refractivity contribution in [2.45, 2.75) is 4.71 Å². The second kappa shape index (κ2) is 7.48. The van der Waals surface area contributed by atoms with Crippen LogP contribution in [0.5, 0.6) is 0 Å². The van der Waals surface area contributed by atoms with E-state index in [1.54, 1.807) is 24.4 Å². The lowest BCUT2D eigenvalue weighted by atomic mass is 9.97. The number of hydrogen-bond acceptors (Lipinski definition) is 4. The van der Waals surface area contributed by atoms with Gasteiger partial charge in [-0.25, -0.2) is 8.42 Å². The Labute approximate surface area is 185 Å². The lowest BCUT2D eigenvalue weighted by Crippen LogP contribution is -2.43. The summed E-state index contributed by atoms with van der Waals surface area (Å²) in [5, 5.41) is 12.9. The van der Waals surface area contributed by atoms with Crippen molar-refractivity contribution in [3.05, 3.63) is 90.0 Å². The molecule has 0 unspecified atom stereocenters. The first-order valence-electron chi connectivity index (χ1n) is 9.71. The molecule has 1 atom stereocenters. The molecule has 1 aliphatic rings. The average Bonchev–Trinajstić information content (AvgIpc) is 2.79. The third-order valence-electron chi connectivity index (χ3n) is 5.54. The van der Waals surface area contributed by atoms with Gasteiger partial charge in [0.15, 0.2) is 4.71 Å². The van der Waals surface area contributed by atoms with Gasteiger partial charge in [-0.05, 0) is 33.7 Å². The van der Waals surface area contributed by atoms with E-state index >= 15 is 0 Å². The summed E-state index contributed by atoms with van der Waals surface area (Å²) in [6, 6.07) is 25.4. The van der Waals surface area contributed by atoms with Crippen LogP contribution in [-0.2, 0) is 10.0 Å². The van der Waals surface area contributed by atoms with Gasteiger partial charge in [0.2, 0.25) is 0 Å². The van der Waals surface area contributed by atoms with Crippen LogP contribution in [0.25, 0.3) is 21.5 Å². The quantitative estimate of drug-likeness (QED) is 0.184. The van der Waals surface area contributed by atoms with Crippen LogP contribution >= 0.6 is 11.6 Å². The number of nitrogens with zero attached hydrogens (tertiary/aromatic N) is 3. The van der Waals surface area contributed by atoms with Crippen LogP contribution in [0, 0.1) is 0 Å². The van der Waals surface area contributed by atoms with Crippen molar-refractivity contribution >= 4 is 60.8 Å². The summed E-state index contributed by atoms with van der Waals surface area (Å²) < 4.78 is 25.3. The van der Waals surface area contributed by atoms with Gasteiger partial charge in [-0.1, -0.05) is 78.3 Å². The number of anilines is 1. The molecule has 5 nitrogen and oxygen atoms in total. The lowest BCUT2D eigenvalue weighted by molar-refractivity contribution is 0.595. The number of benzene rings is 4. The van der Waals surface area contributed by atoms with Crippen LogP contribution in [-0.4, -0.2) is 32.1 Å². The second-order valence-electron chi connectivity index (χ2n) is 7.31. The summed E-state index contributed by atoms with van der Waals surface area (Å²) in [4.78, 5) is 0. The molecule has 4 aromatic rings. The smallest absolute Gasteiger partial charge is 0.257 e. The predicted octanol–water partition coefficient (Wildman–Crippen LogP) is 5.16. The molecule has 0 aromatic heterocycles. The lowest BCUT2D eigenvalue weighted by Gasteiger charge is -2.30. The van der Waals surface area contributed by atoms with Gasteiger partial charge in [-0.3, -0.25) is 4.31 Å². The van der Waals surface area contributed by atoms with Crippen LogP contribution in [0.4, 0.5) is 5.69 Å².